The third-order valence-corrected chi connectivity index (χ3v) is 6.66. The fourth-order valence-electron chi connectivity index (χ4n) is 3.16. The molecule has 0 atom stereocenters. The van der Waals surface area contributed by atoms with E-state index in [1.807, 2.05) is 0 Å². The molecule has 0 bridgehead atoms. The van der Waals surface area contributed by atoms with E-state index in [1.165, 1.54) is 36.5 Å². The molecule has 152 valence electrons. The highest BCUT2D eigenvalue weighted by molar-refractivity contribution is 7.90. The average molecular weight is 445 g/mol. The average Bonchev–Trinajstić information content (AvgIpc) is 3.05. The van der Waals surface area contributed by atoms with Gasteiger partial charge in [-0.15, -0.1) is 0 Å². The van der Waals surface area contributed by atoms with Crippen LogP contribution >= 0.6 is 11.6 Å². The van der Waals surface area contributed by atoms with E-state index >= 15 is 0 Å². The Morgan fingerprint density at radius 1 is 1.07 bits per heavy atom. The number of fused-ring (bicyclic) bond motifs is 1. The molecule has 0 spiro atoms. The first-order valence-corrected chi connectivity index (χ1v) is 10.6. The van der Waals surface area contributed by atoms with Gasteiger partial charge in [0.25, 0.3) is 10.0 Å². The van der Waals surface area contributed by atoms with Gasteiger partial charge in [-0.3, -0.25) is 4.79 Å². The number of aromatic nitrogens is 2. The summed E-state index contributed by atoms with van der Waals surface area (Å²) in [4.78, 5) is 15.1. The van der Waals surface area contributed by atoms with Crippen molar-refractivity contribution in [2.24, 2.45) is 0 Å². The number of carboxylic acid groups (broad SMARTS) is 1. The number of carbonyl (C=O) groups is 1. The Morgan fingerprint density at radius 3 is 2.47 bits per heavy atom. The summed E-state index contributed by atoms with van der Waals surface area (Å²) in [5, 5.41) is 9.27. The molecule has 0 radical (unpaired) electrons. The molecule has 0 saturated carbocycles. The fourth-order valence-corrected chi connectivity index (χ4v) is 5.00. The normalized spacial score (nSPS) is 11.7. The van der Waals surface area contributed by atoms with Gasteiger partial charge in [-0.25, -0.2) is 21.8 Å². The molecule has 0 aliphatic carbocycles. The van der Waals surface area contributed by atoms with Crippen LogP contribution in [0, 0.1) is 5.82 Å². The summed E-state index contributed by atoms with van der Waals surface area (Å²) < 4.78 is 41.2. The number of pyridine rings is 1. The molecule has 0 aliphatic heterocycles. The number of benzene rings is 2. The van der Waals surface area contributed by atoms with Crippen molar-refractivity contribution in [1.29, 1.82) is 0 Å². The van der Waals surface area contributed by atoms with Gasteiger partial charge in [0.05, 0.1) is 11.3 Å². The molecule has 0 fully saturated rings. The van der Waals surface area contributed by atoms with Gasteiger partial charge in [0.15, 0.2) is 5.65 Å². The zero-order valence-electron chi connectivity index (χ0n) is 15.3. The van der Waals surface area contributed by atoms with Crippen LogP contribution in [0.15, 0.2) is 71.8 Å². The van der Waals surface area contributed by atoms with E-state index in [1.54, 1.807) is 30.3 Å². The Hall–Kier alpha value is -3.23. The lowest BCUT2D eigenvalue weighted by Crippen LogP contribution is -2.13. The van der Waals surface area contributed by atoms with E-state index in [0.717, 1.165) is 3.97 Å². The molecule has 4 aromatic rings. The summed E-state index contributed by atoms with van der Waals surface area (Å²) in [5.41, 5.74) is 1.24. The maximum Gasteiger partial charge on any atom is 0.307 e. The molecular formula is C21H14ClFN2O4S. The molecule has 0 aliphatic rings. The summed E-state index contributed by atoms with van der Waals surface area (Å²) >= 11 is 6.22. The van der Waals surface area contributed by atoms with E-state index < -0.39 is 28.2 Å². The van der Waals surface area contributed by atoms with E-state index in [2.05, 4.69) is 4.98 Å². The molecule has 2 aromatic heterocycles. The zero-order valence-corrected chi connectivity index (χ0v) is 16.9. The van der Waals surface area contributed by atoms with Gasteiger partial charge in [-0.2, -0.15) is 0 Å². The number of carboxylic acids is 1. The smallest absolute Gasteiger partial charge is 0.307 e. The summed E-state index contributed by atoms with van der Waals surface area (Å²) in [7, 11) is -3.95. The first kappa shape index (κ1) is 20.1. The number of hydrogen-bond acceptors (Lipinski definition) is 4. The van der Waals surface area contributed by atoms with Crippen LogP contribution in [0.25, 0.3) is 22.2 Å². The third kappa shape index (κ3) is 3.55. The quantitative estimate of drug-likeness (QED) is 0.494. The molecule has 2 aromatic carbocycles. The van der Waals surface area contributed by atoms with Crippen LogP contribution in [-0.4, -0.2) is 28.5 Å². The van der Waals surface area contributed by atoms with Crippen LogP contribution in [0.2, 0.25) is 5.15 Å². The van der Waals surface area contributed by atoms with Crippen molar-refractivity contribution in [1.82, 2.24) is 8.96 Å². The Bertz CT molecular complexity index is 1390. The lowest BCUT2D eigenvalue weighted by atomic mass is 10.0. The topological polar surface area (TPSA) is 89.3 Å². The number of halogens is 2. The monoisotopic (exact) mass is 444 g/mol. The third-order valence-electron chi connectivity index (χ3n) is 4.57. The second-order valence-corrected chi connectivity index (χ2v) is 8.74. The van der Waals surface area contributed by atoms with Crippen molar-refractivity contribution in [3.8, 4) is 11.1 Å². The van der Waals surface area contributed by atoms with Gasteiger partial charge in [0.1, 0.15) is 11.0 Å². The van der Waals surface area contributed by atoms with Gasteiger partial charge in [-0.1, -0.05) is 41.9 Å². The van der Waals surface area contributed by atoms with Crippen LogP contribution in [0.4, 0.5) is 4.39 Å². The predicted molar refractivity (Wildman–Crippen MR) is 111 cm³/mol. The van der Waals surface area contributed by atoms with Gasteiger partial charge in [-0.05, 0) is 41.5 Å². The Labute approximate surface area is 176 Å². The van der Waals surface area contributed by atoms with Crippen LogP contribution in [0.1, 0.15) is 5.56 Å². The van der Waals surface area contributed by atoms with E-state index in [0.29, 0.717) is 16.5 Å². The van der Waals surface area contributed by atoms with Crippen molar-refractivity contribution >= 4 is 38.6 Å². The molecule has 6 nitrogen and oxygen atoms in total. The molecule has 0 unspecified atom stereocenters. The van der Waals surface area contributed by atoms with E-state index in [4.69, 9.17) is 16.7 Å². The molecule has 30 heavy (non-hydrogen) atoms. The van der Waals surface area contributed by atoms with Crippen molar-refractivity contribution in [2.75, 3.05) is 0 Å². The predicted octanol–water partition coefficient (Wildman–Crippen LogP) is 4.36. The van der Waals surface area contributed by atoms with Crippen molar-refractivity contribution in [3.63, 3.8) is 0 Å². The molecule has 4 rings (SSSR count). The second kappa shape index (κ2) is 7.55. The first-order valence-electron chi connectivity index (χ1n) is 8.75. The van der Waals surface area contributed by atoms with Crippen molar-refractivity contribution in [3.05, 3.63) is 83.4 Å². The number of nitrogens with zero attached hydrogens (tertiary/aromatic N) is 2. The lowest BCUT2D eigenvalue weighted by molar-refractivity contribution is -0.136. The maximum absolute atomic E-state index is 14.2. The number of rotatable bonds is 5. The van der Waals surface area contributed by atoms with Gasteiger partial charge in [0.2, 0.25) is 0 Å². The van der Waals surface area contributed by atoms with Gasteiger partial charge < -0.3 is 5.11 Å². The number of hydrogen-bond donors (Lipinski definition) is 1. The second-order valence-electron chi connectivity index (χ2n) is 6.56. The Kier molecular flexibility index (Phi) is 5.05. The van der Waals surface area contributed by atoms with Gasteiger partial charge in [0, 0.05) is 17.1 Å². The van der Waals surface area contributed by atoms with Crippen LogP contribution < -0.4 is 0 Å². The number of aliphatic carboxylic acids is 1. The minimum atomic E-state index is -3.95. The van der Waals surface area contributed by atoms with Crippen LogP contribution in [0.3, 0.4) is 0 Å². The Morgan fingerprint density at radius 2 is 1.80 bits per heavy atom. The highest BCUT2D eigenvalue weighted by atomic mass is 35.5. The largest absolute Gasteiger partial charge is 0.481 e. The minimum Gasteiger partial charge on any atom is -0.481 e. The summed E-state index contributed by atoms with van der Waals surface area (Å²) in [6.45, 7) is 0. The molecule has 1 N–H and O–H groups in total. The lowest BCUT2D eigenvalue weighted by Gasteiger charge is -2.09. The molecule has 0 saturated heterocycles. The van der Waals surface area contributed by atoms with E-state index in [9.17, 15) is 17.6 Å². The standard InChI is InChI=1S/C21H14ClFN2O4S/c22-19-10-15-8-16(13-6-7-14(11-20(26)27)18(23)9-13)12-24-21(15)25(19)30(28,29)17-4-2-1-3-5-17/h1-10,12H,11H2,(H,26,27). The summed E-state index contributed by atoms with van der Waals surface area (Å²) in [5.74, 6) is -1.77. The van der Waals surface area contributed by atoms with Gasteiger partial charge >= 0.3 is 5.97 Å². The Balaban J connectivity index is 1.79. The maximum atomic E-state index is 14.2. The molecule has 0 amide bonds. The highest BCUT2D eigenvalue weighted by Gasteiger charge is 2.23. The minimum absolute atomic E-state index is 0.0264. The first-order chi connectivity index (χ1) is 14.3. The fraction of sp³-hybridized carbons (Fsp3) is 0.0476. The SMILES string of the molecule is O=C(O)Cc1ccc(-c2cnc3c(c2)cc(Cl)n3S(=O)(=O)c2ccccc2)cc1F. The van der Waals surface area contributed by atoms with E-state index in [-0.39, 0.29) is 21.3 Å². The summed E-state index contributed by atoms with van der Waals surface area (Å²) in [6.07, 6.45) is 1.00. The molecule has 9 heteroatoms. The van der Waals surface area contributed by atoms with Crippen molar-refractivity contribution < 1.29 is 22.7 Å². The summed E-state index contributed by atoms with van der Waals surface area (Å²) in [6, 6.07) is 15.2. The highest BCUT2D eigenvalue weighted by Crippen LogP contribution is 2.31. The molecular weight excluding hydrogens is 431 g/mol. The van der Waals surface area contributed by atoms with Crippen LogP contribution in [-0.2, 0) is 21.2 Å². The van der Waals surface area contributed by atoms with Crippen molar-refractivity contribution in [2.45, 2.75) is 11.3 Å². The molecule has 2 heterocycles. The van der Waals surface area contributed by atoms with Crippen LogP contribution in [0.5, 0.6) is 0 Å². The zero-order chi connectivity index (χ0) is 21.5.